The van der Waals surface area contributed by atoms with Crippen LogP contribution in [0.15, 0.2) is 101 Å². The first-order valence-electron chi connectivity index (χ1n) is 15.2. The first-order valence-corrected chi connectivity index (χ1v) is 15.2. The number of rotatable bonds is 16. The predicted octanol–water partition coefficient (Wildman–Crippen LogP) is 9.34. The SMILES string of the molecule is CCCCCCCOC(=O)c1ccc(NN(C)c2ccc(/N=N/c3ccc(NNc4ccc(N(C)C)cc4)cc3)c(F)c2)cc1. The maximum Gasteiger partial charge on any atom is 0.338 e. The van der Waals surface area contributed by atoms with Crippen LogP contribution in [0.4, 0.5) is 44.2 Å². The summed E-state index contributed by atoms with van der Waals surface area (Å²) in [5.74, 6) is -0.829. The van der Waals surface area contributed by atoms with Crippen LogP contribution in [0.25, 0.3) is 0 Å². The largest absolute Gasteiger partial charge is 0.462 e. The Hall–Kier alpha value is -5.12. The van der Waals surface area contributed by atoms with Crippen molar-refractivity contribution in [2.75, 3.05) is 53.9 Å². The van der Waals surface area contributed by atoms with Crippen LogP contribution in [0.5, 0.6) is 0 Å². The summed E-state index contributed by atoms with van der Waals surface area (Å²) in [5, 5.41) is 9.97. The second-order valence-electron chi connectivity index (χ2n) is 10.9. The van der Waals surface area contributed by atoms with E-state index in [4.69, 9.17) is 4.74 Å². The number of carbonyl (C=O) groups excluding carboxylic acids is 1. The molecular weight excluding hydrogens is 569 g/mol. The lowest BCUT2D eigenvalue weighted by Gasteiger charge is -2.22. The minimum absolute atomic E-state index is 0.130. The lowest BCUT2D eigenvalue weighted by molar-refractivity contribution is 0.0497. The van der Waals surface area contributed by atoms with Gasteiger partial charge in [0.15, 0.2) is 5.82 Å². The molecule has 0 aliphatic heterocycles. The Morgan fingerprint density at radius 3 is 1.96 bits per heavy atom. The number of esters is 1. The third kappa shape index (κ3) is 10.2. The van der Waals surface area contributed by atoms with Crippen LogP contribution in [0.1, 0.15) is 49.4 Å². The Bertz CT molecular complexity index is 1530. The summed E-state index contributed by atoms with van der Waals surface area (Å²) < 4.78 is 20.3. The highest BCUT2D eigenvalue weighted by Gasteiger charge is 2.10. The van der Waals surface area contributed by atoms with E-state index in [2.05, 4.69) is 33.4 Å². The van der Waals surface area contributed by atoms with E-state index >= 15 is 0 Å². The highest BCUT2D eigenvalue weighted by molar-refractivity contribution is 5.89. The Morgan fingerprint density at radius 2 is 1.33 bits per heavy atom. The normalized spacial score (nSPS) is 10.9. The maximum atomic E-state index is 14.9. The number of ether oxygens (including phenoxy) is 1. The van der Waals surface area contributed by atoms with Crippen molar-refractivity contribution in [1.82, 2.24) is 0 Å². The van der Waals surface area contributed by atoms with Gasteiger partial charge in [-0.1, -0.05) is 32.6 Å². The number of anilines is 5. The van der Waals surface area contributed by atoms with E-state index < -0.39 is 5.82 Å². The second kappa shape index (κ2) is 16.7. The summed E-state index contributed by atoms with van der Waals surface area (Å²) in [6, 6.07) is 27.1. The third-order valence-corrected chi connectivity index (χ3v) is 7.09. The van der Waals surface area contributed by atoms with Crippen molar-refractivity contribution in [3.05, 3.63) is 102 Å². The van der Waals surface area contributed by atoms with Gasteiger partial charge in [-0.15, -0.1) is 5.11 Å². The molecule has 9 nitrogen and oxygen atoms in total. The van der Waals surface area contributed by atoms with Gasteiger partial charge in [-0.25, -0.2) is 9.18 Å². The first-order chi connectivity index (χ1) is 21.8. The number of nitrogens with one attached hydrogen (secondary N) is 3. The van der Waals surface area contributed by atoms with Crippen molar-refractivity contribution in [2.45, 2.75) is 39.0 Å². The Balaban J connectivity index is 1.25. The summed E-state index contributed by atoms with van der Waals surface area (Å²) in [5.41, 5.74) is 14.9. The number of hydrazine groups is 2. The van der Waals surface area contributed by atoms with Crippen molar-refractivity contribution >= 4 is 45.8 Å². The number of benzene rings is 4. The van der Waals surface area contributed by atoms with E-state index in [-0.39, 0.29) is 11.7 Å². The molecule has 4 aromatic rings. The molecule has 3 N–H and O–H groups in total. The molecule has 0 saturated heterocycles. The van der Waals surface area contributed by atoms with Crippen molar-refractivity contribution < 1.29 is 13.9 Å². The molecule has 0 aliphatic carbocycles. The van der Waals surface area contributed by atoms with Gasteiger partial charge in [-0.05, 0) is 91.3 Å². The van der Waals surface area contributed by atoms with Gasteiger partial charge in [-0.3, -0.25) is 10.4 Å². The van der Waals surface area contributed by atoms with Crippen LogP contribution >= 0.6 is 0 Å². The van der Waals surface area contributed by atoms with Crippen LogP contribution in [0.2, 0.25) is 0 Å². The molecule has 4 aromatic carbocycles. The molecule has 0 atom stereocenters. The third-order valence-electron chi connectivity index (χ3n) is 7.09. The van der Waals surface area contributed by atoms with E-state index in [0.717, 1.165) is 42.0 Å². The smallest absolute Gasteiger partial charge is 0.338 e. The van der Waals surface area contributed by atoms with Crippen molar-refractivity contribution in [3.8, 4) is 0 Å². The minimum atomic E-state index is -0.500. The average molecular weight is 612 g/mol. The molecule has 10 heteroatoms. The van der Waals surface area contributed by atoms with Crippen LogP contribution < -0.4 is 26.2 Å². The summed E-state index contributed by atoms with van der Waals surface area (Å²) in [7, 11) is 5.78. The minimum Gasteiger partial charge on any atom is -0.462 e. The van der Waals surface area contributed by atoms with E-state index in [1.54, 1.807) is 60.6 Å². The molecule has 0 aliphatic rings. The molecule has 0 unspecified atom stereocenters. The molecule has 0 bridgehead atoms. The zero-order chi connectivity index (χ0) is 32.0. The molecule has 0 saturated carbocycles. The summed E-state index contributed by atoms with van der Waals surface area (Å²) in [6.45, 7) is 2.60. The van der Waals surface area contributed by atoms with Gasteiger partial charge >= 0.3 is 5.97 Å². The summed E-state index contributed by atoms with van der Waals surface area (Å²) in [4.78, 5) is 14.3. The van der Waals surface area contributed by atoms with Gasteiger partial charge in [0.2, 0.25) is 0 Å². The van der Waals surface area contributed by atoms with Crippen molar-refractivity contribution in [3.63, 3.8) is 0 Å². The van der Waals surface area contributed by atoms with Crippen molar-refractivity contribution in [2.24, 2.45) is 10.2 Å². The molecule has 0 aromatic heterocycles. The number of hydrogen-bond donors (Lipinski definition) is 3. The predicted molar refractivity (Wildman–Crippen MR) is 183 cm³/mol. The highest BCUT2D eigenvalue weighted by atomic mass is 19.1. The summed E-state index contributed by atoms with van der Waals surface area (Å²) >= 11 is 0. The standard InChI is InChI=1S/C35H42FN7O2/c1-5-6-7-8-9-24-45-35(44)26-10-12-30(13-11-26)41-43(4)32-22-23-34(33(36)25-32)40-39-28-16-14-27(15-17-28)37-38-29-18-20-31(21-19-29)42(2)3/h10-23,25,37-38,41H,5-9,24H2,1-4H3/b40-39+. The molecule has 236 valence electrons. The van der Waals surface area contributed by atoms with E-state index in [0.29, 0.717) is 23.5 Å². The fourth-order valence-electron chi connectivity index (χ4n) is 4.39. The number of nitrogens with zero attached hydrogens (tertiary/aromatic N) is 4. The Kier molecular flexibility index (Phi) is 12.1. The Morgan fingerprint density at radius 1 is 0.733 bits per heavy atom. The van der Waals surface area contributed by atoms with Crippen molar-refractivity contribution in [1.29, 1.82) is 0 Å². The molecule has 0 fully saturated rings. The van der Waals surface area contributed by atoms with Gasteiger partial charge in [-0.2, -0.15) is 5.11 Å². The lowest BCUT2D eigenvalue weighted by Crippen LogP contribution is -2.24. The van der Waals surface area contributed by atoms with Crippen LogP contribution in [0.3, 0.4) is 0 Å². The van der Waals surface area contributed by atoms with Crippen LogP contribution in [-0.2, 0) is 4.74 Å². The van der Waals surface area contributed by atoms with Gasteiger partial charge in [0.25, 0.3) is 0 Å². The van der Waals surface area contributed by atoms with Gasteiger partial charge in [0, 0.05) is 32.9 Å². The van der Waals surface area contributed by atoms with Crippen LogP contribution in [0, 0.1) is 5.82 Å². The molecule has 0 heterocycles. The van der Waals surface area contributed by atoms with E-state index in [1.165, 1.54) is 18.9 Å². The fourth-order valence-corrected chi connectivity index (χ4v) is 4.39. The fraction of sp³-hybridized carbons (Fsp3) is 0.286. The highest BCUT2D eigenvalue weighted by Crippen LogP contribution is 2.27. The zero-order valence-electron chi connectivity index (χ0n) is 26.4. The van der Waals surface area contributed by atoms with E-state index in [1.807, 2.05) is 55.4 Å². The monoisotopic (exact) mass is 611 g/mol. The van der Waals surface area contributed by atoms with Gasteiger partial charge < -0.3 is 20.5 Å². The van der Waals surface area contributed by atoms with Gasteiger partial charge in [0.05, 0.1) is 40.6 Å². The topological polar surface area (TPSA) is 93.6 Å². The first kappa shape index (κ1) is 32.8. The molecular formula is C35H42FN7O2. The second-order valence-corrected chi connectivity index (χ2v) is 10.9. The average Bonchev–Trinajstić information content (AvgIpc) is 3.05. The molecule has 0 spiro atoms. The van der Waals surface area contributed by atoms with Crippen LogP contribution in [-0.4, -0.2) is 33.7 Å². The molecule has 0 radical (unpaired) electrons. The molecule has 4 rings (SSSR count). The number of carbonyl (C=O) groups is 1. The maximum absolute atomic E-state index is 14.9. The van der Waals surface area contributed by atoms with E-state index in [9.17, 15) is 9.18 Å². The number of hydrogen-bond acceptors (Lipinski definition) is 9. The number of azo groups is 1. The quantitative estimate of drug-likeness (QED) is 0.0503. The Labute approximate surface area is 265 Å². The number of unbranched alkanes of at least 4 members (excludes halogenated alkanes) is 4. The van der Waals surface area contributed by atoms with Gasteiger partial charge in [0.1, 0.15) is 5.69 Å². The molecule has 0 amide bonds. The summed E-state index contributed by atoms with van der Waals surface area (Å²) in [6.07, 6.45) is 5.50. The lowest BCUT2D eigenvalue weighted by atomic mass is 10.2. The molecule has 45 heavy (non-hydrogen) atoms. The zero-order valence-corrected chi connectivity index (χ0v) is 26.4. The number of halogens is 1.